The lowest BCUT2D eigenvalue weighted by Gasteiger charge is -2.37. The molecule has 2 saturated heterocycles. The Morgan fingerprint density at radius 1 is 0.923 bits per heavy atom. The van der Waals surface area contributed by atoms with Gasteiger partial charge in [0.25, 0.3) is 0 Å². The monoisotopic (exact) mass is 350 g/mol. The zero-order valence-corrected chi connectivity index (χ0v) is 14.6. The highest BCUT2D eigenvalue weighted by molar-refractivity contribution is 6.05. The molecule has 0 aliphatic carbocycles. The molecule has 0 unspecified atom stereocenters. The third-order valence-corrected chi connectivity index (χ3v) is 5.13. The van der Waals surface area contributed by atoms with E-state index in [-0.39, 0.29) is 24.3 Å². The predicted octanol–water partition coefficient (Wildman–Crippen LogP) is 1.53. The molecule has 6 nitrogen and oxygen atoms in total. The normalized spacial score (nSPS) is 21.5. The predicted molar refractivity (Wildman–Crippen MR) is 98.4 cm³/mol. The second kappa shape index (κ2) is 7.25. The minimum Gasteiger partial charge on any atom is -0.354 e. The number of rotatable bonds is 4. The quantitative estimate of drug-likeness (QED) is 0.783. The summed E-state index contributed by atoms with van der Waals surface area (Å²) in [5.41, 5.74) is 0.981. The van der Waals surface area contributed by atoms with Gasteiger partial charge in [0.1, 0.15) is 5.82 Å². The number of benzene rings is 1. The third kappa shape index (κ3) is 3.32. The fourth-order valence-corrected chi connectivity index (χ4v) is 3.69. The van der Waals surface area contributed by atoms with Crippen LogP contribution in [0.2, 0.25) is 0 Å². The van der Waals surface area contributed by atoms with Crippen molar-refractivity contribution >= 4 is 17.6 Å². The second-order valence-corrected chi connectivity index (χ2v) is 6.73. The molecule has 1 atom stereocenters. The van der Waals surface area contributed by atoms with E-state index in [0.29, 0.717) is 6.54 Å². The van der Waals surface area contributed by atoms with Crippen molar-refractivity contribution in [3.63, 3.8) is 0 Å². The van der Waals surface area contributed by atoms with Gasteiger partial charge in [0.05, 0.1) is 19.0 Å². The molecule has 0 N–H and O–H groups in total. The summed E-state index contributed by atoms with van der Waals surface area (Å²) in [6, 6.07) is 15.2. The van der Waals surface area contributed by atoms with Crippen LogP contribution in [0, 0.1) is 0 Å². The lowest BCUT2D eigenvalue weighted by molar-refractivity contribution is -0.140. The average Bonchev–Trinajstić information content (AvgIpc) is 2.98. The first-order valence-electron chi connectivity index (χ1n) is 9.00. The molecule has 0 saturated carbocycles. The summed E-state index contributed by atoms with van der Waals surface area (Å²) in [4.78, 5) is 35.4. The summed E-state index contributed by atoms with van der Waals surface area (Å²) in [5.74, 6) is 0.827. The van der Waals surface area contributed by atoms with Crippen LogP contribution >= 0.6 is 0 Å². The Morgan fingerprint density at radius 2 is 1.65 bits per heavy atom. The molecule has 1 aromatic heterocycles. The van der Waals surface area contributed by atoms with Gasteiger partial charge in [-0.25, -0.2) is 4.98 Å². The molecule has 134 valence electrons. The SMILES string of the molecule is O=C1C[C@H](N2CCN(c3ccccn3)CC2)C(=O)N1Cc1ccccc1. The maximum Gasteiger partial charge on any atom is 0.247 e. The number of anilines is 1. The van der Waals surface area contributed by atoms with Crippen LogP contribution in [0.3, 0.4) is 0 Å². The summed E-state index contributed by atoms with van der Waals surface area (Å²) in [6.07, 6.45) is 2.08. The van der Waals surface area contributed by atoms with Crippen LogP contribution in [-0.2, 0) is 16.1 Å². The Morgan fingerprint density at radius 3 is 2.35 bits per heavy atom. The van der Waals surface area contributed by atoms with E-state index >= 15 is 0 Å². The molecular weight excluding hydrogens is 328 g/mol. The highest BCUT2D eigenvalue weighted by Gasteiger charge is 2.42. The summed E-state index contributed by atoms with van der Waals surface area (Å²) in [5, 5.41) is 0. The fraction of sp³-hybridized carbons (Fsp3) is 0.350. The smallest absolute Gasteiger partial charge is 0.247 e. The van der Waals surface area contributed by atoms with Crippen molar-refractivity contribution in [3.05, 3.63) is 60.3 Å². The number of carbonyl (C=O) groups is 2. The second-order valence-electron chi connectivity index (χ2n) is 6.73. The van der Waals surface area contributed by atoms with Crippen LogP contribution < -0.4 is 4.90 Å². The van der Waals surface area contributed by atoms with E-state index in [4.69, 9.17) is 0 Å². The molecule has 1 aromatic carbocycles. The molecule has 0 radical (unpaired) electrons. The number of aromatic nitrogens is 1. The largest absolute Gasteiger partial charge is 0.354 e. The van der Waals surface area contributed by atoms with E-state index in [1.54, 1.807) is 6.20 Å². The summed E-state index contributed by atoms with van der Waals surface area (Å²) in [6.45, 7) is 3.52. The number of imide groups is 1. The molecule has 2 fully saturated rings. The van der Waals surface area contributed by atoms with Gasteiger partial charge < -0.3 is 4.90 Å². The lowest BCUT2D eigenvalue weighted by atomic mass is 10.1. The first kappa shape index (κ1) is 16.7. The first-order valence-corrected chi connectivity index (χ1v) is 9.00. The Bertz CT molecular complexity index is 773. The molecule has 0 bridgehead atoms. The number of amides is 2. The van der Waals surface area contributed by atoms with Crippen molar-refractivity contribution in [2.24, 2.45) is 0 Å². The topological polar surface area (TPSA) is 56.8 Å². The highest BCUT2D eigenvalue weighted by Crippen LogP contribution is 2.23. The number of pyridine rings is 1. The van der Waals surface area contributed by atoms with Gasteiger partial charge in [0, 0.05) is 32.4 Å². The molecule has 2 aliphatic rings. The molecule has 2 amide bonds. The molecule has 4 rings (SSSR count). The third-order valence-electron chi connectivity index (χ3n) is 5.13. The molecular formula is C20H22N4O2. The van der Waals surface area contributed by atoms with Crippen LogP contribution in [0.15, 0.2) is 54.7 Å². The zero-order chi connectivity index (χ0) is 17.9. The van der Waals surface area contributed by atoms with Crippen LogP contribution in [-0.4, -0.2) is 58.8 Å². The maximum absolute atomic E-state index is 12.8. The summed E-state index contributed by atoms with van der Waals surface area (Å²) < 4.78 is 0. The maximum atomic E-state index is 12.8. The number of carbonyl (C=O) groups excluding carboxylic acids is 2. The molecule has 26 heavy (non-hydrogen) atoms. The molecule has 3 heterocycles. The van der Waals surface area contributed by atoms with E-state index in [9.17, 15) is 9.59 Å². The number of nitrogens with zero attached hydrogens (tertiary/aromatic N) is 4. The Hall–Kier alpha value is -2.73. The Labute approximate surface area is 153 Å². The van der Waals surface area contributed by atoms with Crippen molar-refractivity contribution in [1.82, 2.24) is 14.8 Å². The van der Waals surface area contributed by atoms with Gasteiger partial charge in [-0.2, -0.15) is 0 Å². The van der Waals surface area contributed by atoms with Gasteiger partial charge in [0.15, 0.2) is 0 Å². The molecule has 6 heteroatoms. The highest BCUT2D eigenvalue weighted by atomic mass is 16.2. The fourth-order valence-electron chi connectivity index (χ4n) is 3.69. The Balaban J connectivity index is 1.38. The van der Waals surface area contributed by atoms with E-state index in [1.165, 1.54) is 4.90 Å². The van der Waals surface area contributed by atoms with Crippen molar-refractivity contribution < 1.29 is 9.59 Å². The minimum absolute atomic E-state index is 0.0647. The van der Waals surface area contributed by atoms with Crippen molar-refractivity contribution in [3.8, 4) is 0 Å². The van der Waals surface area contributed by atoms with Crippen LogP contribution in [0.4, 0.5) is 5.82 Å². The van der Waals surface area contributed by atoms with Crippen molar-refractivity contribution in [2.75, 3.05) is 31.1 Å². The van der Waals surface area contributed by atoms with Crippen LogP contribution in [0.25, 0.3) is 0 Å². The van der Waals surface area contributed by atoms with Gasteiger partial charge in [-0.05, 0) is 17.7 Å². The van der Waals surface area contributed by atoms with Gasteiger partial charge in [0.2, 0.25) is 11.8 Å². The standard InChI is InChI=1S/C20H22N4O2/c25-19-14-17(20(26)24(19)15-16-6-2-1-3-7-16)22-10-12-23(13-11-22)18-8-4-5-9-21-18/h1-9,17H,10-15H2/t17-/m0/s1. The van der Waals surface area contributed by atoms with Crippen LogP contribution in [0.5, 0.6) is 0 Å². The summed E-state index contributed by atoms with van der Waals surface area (Å²) in [7, 11) is 0. The van der Waals surface area contributed by atoms with Gasteiger partial charge in [-0.3, -0.25) is 19.4 Å². The van der Waals surface area contributed by atoms with Gasteiger partial charge in [-0.15, -0.1) is 0 Å². The van der Waals surface area contributed by atoms with Gasteiger partial charge in [-0.1, -0.05) is 36.4 Å². The van der Waals surface area contributed by atoms with Gasteiger partial charge >= 0.3 is 0 Å². The number of hydrogen-bond donors (Lipinski definition) is 0. The Kier molecular flexibility index (Phi) is 4.67. The van der Waals surface area contributed by atoms with Crippen molar-refractivity contribution in [1.29, 1.82) is 0 Å². The van der Waals surface area contributed by atoms with Crippen molar-refractivity contribution in [2.45, 2.75) is 19.0 Å². The molecule has 2 aromatic rings. The minimum atomic E-state index is -0.322. The van der Waals surface area contributed by atoms with Crippen LogP contribution in [0.1, 0.15) is 12.0 Å². The van der Waals surface area contributed by atoms with E-state index in [2.05, 4.69) is 14.8 Å². The number of likely N-dealkylation sites (tertiary alicyclic amines) is 1. The number of hydrogen-bond acceptors (Lipinski definition) is 5. The van der Waals surface area contributed by atoms with E-state index in [1.807, 2.05) is 48.5 Å². The number of piperazine rings is 1. The first-order chi connectivity index (χ1) is 12.7. The summed E-state index contributed by atoms with van der Waals surface area (Å²) >= 11 is 0. The lowest BCUT2D eigenvalue weighted by Crippen LogP contribution is -2.52. The molecule has 0 spiro atoms. The molecule has 2 aliphatic heterocycles. The van der Waals surface area contributed by atoms with E-state index in [0.717, 1.165) is 37.6 Å². The average molecular weight is 350 g/mol. The zero-order valence-electron chi connectivity index (χ0n) is 14.6. The van der Waals surface area contributed by atoms with E-state index < -0.39 is 0 Å².